The zero-order valence-electron chi connectivity index (χ0n) is 13.3. The zero-order valence-corrected chi connectivity index (χ0v) is 14.9. The first-order chi connectivity index (χ1) is 10.6. The third-order valence-electron chi connectivity index (χ3n) is 3.01. The Hall–Kier alpha value is -1.27. The first kappa shape index (κ1) is 18.8. The van der Waals surface area contributed by atoms with E-state index >= 15 is 0 Å². The summed E-state index contributed by atoms with van der Waals surface area (Å²) in [5.74, 6) is 0.606. The molecule has 0 saturated heterocycles. The van der Waals surface area contributed by atoms with Gasteiger partial charge in [-0.15, -0.1) is 0 Å². The summed E-state index contributed by atoms with van der Waals surface area (Å²) in [6, 6.07) is 3.89. The topological polar surface area (TPSA) is 73.6 Å². The molecule has 1 aromatic rings. The van der Waals surface area contributed by atoms with Crippen LogP contribution >= 0.6 is 15.9 Å². The summed E-state index contributed by atoms with van der Waals surface area (Å²) in [5, 5.41) is 3.41. The number of hydrogen-bond acceptors (Lipinski definition) is 4. The Kier molecular flexibility index (Phi) is 8.92. The van der Waals surface area contributed by atoms with Crippen LogP contribution in [0, 0.1) is 0 Å². The van der Waals surface area contributed by atoms with Crippen LogP contribution in [0.4, 0.5) is 0 Å². The number of benzene rings is 1. The summed E-state index contributed by atoms with van der Waals surface area (Å²) in [7, 11) is 0. The highest BCUT2D eigenvalue weighted by atomic mass is 79.9. The average Bonchev–Trinajstić information content (AvgIpc) is 2.46. The number of rotatable bonds is 11. The van der Waals surface area contributed by atoms with Crippen LogP contribution in [0.3, 0.4) is 0 Å². The number of ether oxygens (including phenoxy) is 2. The van der Waals surface area contributed by atoms with E-state index < -0.39 is 5.91 Å². The molecule has 0 saturated carbocycles. The van der Waals surface area contributed by atoms with Gasteiger partial charge >= 0.3 is 0 Å². The number of carbonyl (C=O) groups excluding carboxylic acids is 1. The summed E-state index contributed by atoms with van der Waals surface area (Å²) in [6.45, 7) is 6.20. The minimum Gasteiger partial charge on any atom is -0.490 e. The molecule has 0 unspecified atom stereocenters. The van der Waals surface area contributed by atoms with Crippen LogP contribution in [0.1, 0.15) is 38.7 Å². The Morgan fingerprint density at radius 1 is 1.27 bits per heavy atom. The number of nitrogens with two attached hydrogens (primary N) is 1. The highest BCUT2D eigenvalue weighted by molar-refractivity contribution is 9.10. The predicted octanol–water partition coefficient (Wildman–Crippen LogP) is 2.99. The van der Waals surface area contributed by atoms with Crippen molar-refractivity contribution in [1.29, 1.82) is 0 Å². The van der Waals surface area contributed by atoms with Crippen LogP contribution in [0.5, 0.6) is 11.5 Å². The highest BCUT2D eigenvalue weighted by Crippen LogP contribution is 2.36. The second-order valence-corrected chi connectivity index (χ2v) is 5.83. The van der Waals surface area contributed by atoms with E-state index in [0.29, 0.717) is 18.1 Å². The maximum Gasteiger partial charge on any atom is 0.255 e. The molecule has 0 aliphatic heterocycles. The first-order valence-corrected chi connectivity index (χ1v) is 8.44. The summed E-state index contributed by atoms with van der Waals surface area (Å²) in [6.07, 6.45) is 3.63. The van der Waals surface area contributed by atoms with Crippen molar-refractivity contribution in [2.45, 2.75) is 39.7 Å². The van der Waals surface area contributed by atoms with E-state index in [1.807, 2.05) is 19.1 Å². The number of carbonyl (C=O) groups is 1. The molecular formula is C16H25BrN2O3. The van der Waals surface area contributed by atoms with Crippen molar-refractivity contribution < 1.29 is 14.3 Å². The molecule has 1 rings (SSSR count). The van der Waals surface area contributed by atoms with Crippen LogP contribution in [0.2, 0.25) is 0 Å². The smallest absolute Gasteiger partial charge is 0.255 e. The zero-order chi connectivity index (χ0) is 16.4. The molecule has 6 heteroatoms. The van der Waals surface area contributed by atoms with E-state index in [1.165, 1.54) is 19.3 Å². The molecule has 0 fully saturated rings. The maximum atomic E-state index is 10.9. The third kappa shape index (κ3) is 6.66. The Morgan fingerprint density at radius 3 is 2.68 bits per heavy atom. The normalized spacial score (nSPS) is 10.5. The fourth-order valence-electron chi connectivity index (χ4n) is 2.00. The largest absolute Gasteiger partial charge is 0.490 e. The van der Waals surface area contributed by atoms with Crippen LogP contribution in [-0.4, -0.2) is 25.7 Å². The molecule has 1 amide bonds. The van der Waals surface area contributed by atoms with E-state index in [-0.39, 0.29) is 6.61 Å². The monoisotopic (exact) mass is 372 g/mol. The van der Waals surface area contributed by atoms with Crippen molar-refractivity contribution in [2.24, 2.45) is 5.73 Å². The van der Waals surface area contributed by atoms with Gasteiger partial charge in [-0.25, -0.2) is 0 Å². The minimum atomic E-state index is -0.518. The standard InChI is InChI=1S/C16H25BrN2O3/c1-3-5-6-7-19-10-12-8-13(17)16(22-11-15(18)20)14(9-12)21-4-2/h8-9,19H,3-7,10-11H2,1-2H3,(H2,18,20). The Balaban J connectivity index is 2.73. The van der Waals surface area contributed by atoms with E-state index in [4.69, 9.17) is 15.2 Å². The number of primary amides is 1. The summed E-state index contributed by atoms with van der Waals surface area (Å²) >= 11 is 3.47. The highest BCUT2D eigenvalue weighted by Gasteiger charge is 2.13. The van der Waals surface area contributed by atoms with Gasteiger partial charge in [0.2, 0.25) is 0 Å². The quantitative estimate of drug-likeness (QED) is 0.585. The molecule has 0 spiro atoms. The van der Waals surface area contributed by atoms with Gasteiger partial charge in [-0.3, -0.25) is 4.79 Å². The van der Waals surface area contributed by atoms with E-state index in [2.05, 4.69) is 28.2 Å². The Morgan fingerprint density at radius 2 is 2.05 bits per heavy atom. The average molecular weight is 373 g/mol. The van der Waals surface area contributed by atoms with Crippen molar-refractivity contribution >= 4 is 21.8 Å². The number of halogens is 1. The van der Waals surface area contributed by atoms with E-state index in [0.717, 1.165) is 23.1 Å². The van der Waals surface area contributed by atoms with Crippen molar-refractivity contribution in [2.75, 3.05) is 19.8 Å². The summed E-state index contributed by atoms with van der Waals surface area (Å²) in [4.78, 5) is 10.9. The lowest BCUT2D eigenvalue weighted by Gasteiger charge is -2.15. The molecule has 3 N–H and O–H groups in total. The van der Waals surface area contributed by atoms with Gasteiger partial charge in [-0.2, -0.15) is 0 Å². The molecule has 0 atom stereocenters. The molecule has 5 nitrogen and oxygen atoms in total. The van der Waals surface area contributed by atoms with Crippen LogP contribution in [0.15, 0.2) is 16.6 Å². The van der Waals surface area contributed by atoms with Gasteiger partial charge in [-0.1, -0.05) is 19.8 Å². The molecule has 22 heavy (non-hydrogen) atoms. The number of hydrogen-bond donors (Lipinski definition) is 2. The van der Waals surface area contributed by atoms with Gasteiger partial charge in [0.25, 0.3) is 5.91 Å². The second-order valence-electron chi connectivity index (χ2n) is 4.98. The van der Waals surface area contributed by atoms with Crippen molar-refractivity contribution in [3.8, 4) is 11.5 Å². The van der Waals surface area contributed by atoms with Gasteiger partial charge in [0.1, 0.15) is 0 Å². The lowest BCUT2D eigenvalue weighted by Crippen LogP contribution is -2.20. The molecule has 1 aromatic carbocycles. The number of unbranched alkanes of at least 4 members (excludes halogenated alkanes) is 2. The van der Waals surface area contributed by atoms with Crippen LogP contribution < -0.4 is 20.5 Å². The molecule has 0 bridgehead atoms. The Bertz CT molecular complexity index is 481. The van der Waals surface area contributed by atoms with Gasteiger partial charge in [0, 0.05) is 6.54 Å². The molecule has 124 valence electrons. The van der Waals surface area contributed by atoms with Gasteiger partial charge in [0.15, 0.2) is 18.1 Å². The molecule has 0 aliphatic rings. The van der Waals surface area contributed by atoms with Crippen LogP contribution in [0.25, 0.3) is 0 Å². The Labute approximate surface area is 140 Å². The molecule has 0 radical (unpaired) electrons. The maximum absolute atomic E-state index is 10.9. The van der Waals surface area contributed by atoms with E-state index in [9.17, 15) is 4.79 Å². The van der Waals surface area contributed by atoms with Crippen LogP contribution in [-0.2, 0) is 11.3 Å². The number of nitrogens with one attached hydrogen (secondary N) is 1. The van der Waals surface area contributed by atoms with Gasteiger partial charge in [-0.05, 0) is 53.5 Å². The lowest BCUT2D eigenvalue weighted by molar-refractivity contribution is -0.119. The summed E-state index contributed by atoms with van der Waals surface area (Å²) < 4.78 is 11.8. The molecule has 0 aliphatic carbocycles. The second kappa shape index (κ2) is 10.5. The van der Waals surface area contributed by atoms with E-state index in [1.54, 1.807) is 0 Å². The fourth-order valence-corrected chi connectivity index (χ4v) is 2.61. The van der Waals surface area contributed by atoms with Crippen molar-refractivity contribution in [1.82, 2.24) is 5.32 Å². The number of amides is 1. The molecule has 0 heterocycles. The van der Waals surface area contributed by atoms with Crippen molar-refractivity contribution in [3.05, 3.63) is 22.2 Å². The predicted molar refractivity (Wildman–Crippen MR) is 91.2 cm³/mol. The SMILES string of the molecule is CCCCCNCc1cc(Br)c(OCC(N)=O)c(OCC)c1. The molecular weight excluding hydrogens is 348 g/mol. The fraction of sp³-hybridized carbons (Fsp3) is 0.562. The first-order valence-electron chi connectivity index (χ1n) is 7.65. The summed E-state index contributed by atoms with van der Waals surface area (Å²) in [5.41, 5.74) is 6.22. The molecule has 0 aromatic heterocycles. The van der Waals surface area contributed by atoms with Gasteiger partial charge < -0.3 is 20.5 Å². The van der Waals surface area contributed by atoms with Gasteiger partial charge in [0.05, 0.1) is 11.1 Å². The minimum absolute atomic E-state index is 0.173. The lowest BCUT2D eigenvalue weighted by atomic mass is 10.2. The van der Waals surface area contributed by atoms with Crippen molar-refractivity contribution in [3.63, 3.8) is 0 Å². The third-order valence-corrected chi connectivity index (χ3v) is 3.60.